The van der Waals surface area contributed by atoms with Crippen molar-refractivity contribution in [1.82, 2.24) is 0 Å². The quantitative estimate of drug-likeness (QED) is 0.330. The van der Waals surface area contributed by atoms with Crippen LogP contribution in [0.3, 0.4) is 0 Å². The zero-order valence-electron chi connectivity index (χ0n) is 15.2. The summed E-state index contributed by atoms with van der Waals surface area (Å²) in [4.78, 5) is 28.2. The summed E-state index contributed by atoms with van der Waals surface area (Å²) in [7, 11) is 2.65. The number of Topliss-reactive ketones (excluding diaryl/α,β-unsaturated/α-hetero) is 1. The molecular weight excluding hydrogens is 334 g/mol. The zero-order chi connectivity index (χ0) is 19.1. The van der Waals surface area contributed by atoms with E-state index in [0.717, 1.165) is 11.1 Å². The van der Waals surface area contributed by atoms with Crippen LogP contribution in [-0.4, -0.2) is 31.7 Å². The van der Waals surface area contributed by atoms with Gasteiger partial charge in [-0.2, -0.15) is 0 Å². The number of ketones is 1. The molecule has 6 heteroatoms. The van der Waals surface area contributed by atoms with Crippen LogP contribution < -0.4 is 4.74 Å². The Morgan fingerprint density at radius 3 is 2.42 bits per heavy atom. The number of ether oxygens (including phenoxy) is 2. The molecular formula is C20H21NO5. The number of carbonyl (C=O) groups excluding carboxylic acids is 2. The molecule has 2 rings (SSSR count). The highest BCUT2D eigenvalue weighted by Gasteiger charge is 2.19. The van der Waals surface area contributed by atoms with Gasteiger partial charge < -0.3 is 14.3 Å². The summed E-state index contributed by atoms with van der Waals surface area (Å²) in [5, 5.41) is 3.78. The first-order valence-corrected chi connectivity index (χ1v) is 8.00. The van der Waals surface area contributed by atoms with Crippen molar-refractivity contribution in [3.05, 3.63) is 64.7 Å². The average Bonchev–Trinajstić information content (AvgIpc) is 2.64. The molecule has 0 saturated heterocycles. The number of esters is 1. The van der Waals surface area contributed by atoms with E-state index < -0.39 is 5.97 Å². The van der Waals surface area contributed by atoms with E-state index in [1.165, 1.54) is 21.1 Å². The largest absolute Gasteiger partial charge is 0.489 e. The molecule has 0 amide bonds. The maximum atomic E-state index is 12.0. The molecule has 0 bridgehead atoms. The second-order valence-corrected chi connectivity index (χ2v) is 5.60. The Balaban J connectivity index is 2.27. The van der Waals surface area contributed by atoms with Crippen molar-refractivity contribution >= 4 is 17.5 Å². The molecule has 26 heavy (non-hydrogen) atoms. The molecule has 0 fully saturated rings. The summed E-state index contributed by atoms with van der Waals surface area (Å²) >= 11 is 0. The lowest BCUT2D eigenvalue weighted by atomic mass is 10.0. The zero-order valence-corrected chi connectivity index (χ0v) is 15.2. The summed E-state index contributed by atoms with van der Waals surface area (Å²) in [6.45, 7) is 3.62. The Kier molecular flexibility index (Phi) is 6.49. The summed E-state index contributed by atoms with van der Waals surface area (Å²) in [6.07, 6.45) is 0. The lowest BCUT2D eigenvalue weighted by Gasteiger charge is -2.13. The normalized spacial score (nSPS) is 11.0. The average molecular weight is 355 g/mol. The molecule has 0 spiro atoms. The number of hydrogen-bond donors (Lipinski definition) is 0. The highest BCUT2D eigenvalue weighted by molar-refractivity contribution is 6.43. The van der Waals surface area contributed by atoms with E-state index in [4.69, 9.17) is 14.3 Å². The molecule has 0 N–H and O–H groups in total. The van der Waals surface area contributed by atoms with Crippen LogP contribution in [0.25, 0.3) is 0 Å². The van der Waals surface area contributed by atoms with E-state index in [1.54, 1.807) is 30.3 Å². The molecule has 0 saturated carbocycles. The van der Waals surface area contributed by atoms with Crippen molar-refractivity contribution in [1.29, 1.82) is 0 Å². The van der Waals surface area contributed by atoms with E-state index in [1.807, 2.05) is 19.1 Å². The fourth-order valence-electron chi connectivity index (χ4n) is 2.45. The highest BCUT2D eigenvalue weighted by atomic mass is 16.6. The Labute approximate surface area is 152 Å². The minimum Gasteiger partial charge on any atom is -0.489 e. The van der Waals surface area contributed by atoms with Gasteiger partial charge in [0.1, 0.15) is 19.5 Å². The molecule has 0 radical (unpaired) electrons. The second kappa shape index (κ2) is 8.80. The Morgan fingerprint density at radius 2 is 1.81 bits per heavy atom. The van der Waals surface area contributed by atoms with Crippen molar-refractivity contribution in [2.24, 2.45) is 5.16 Å². The van der Waals surface area contributed by atoms with Crippen LogP contribution in [0, 0.1) is 6.92 Å². The van der Waals surface area contributed by atoms with Crippen molar-refractivity contribution in [3.8, 4) is 5.75 Å². The van der Waals surface area contributed by atoms with Gasteiger partial charge in [0, 0.05) is 11.1 Å². The maximum Gasteiger partial charge on any atom is 0.360 e. The smallest absolute Gasteiger partial charge is 0.360 e. The minimum atomic E-state index is -0.596. The predicted octanol–water partition coefficient (Wildman–Crippen LogP) is 3.30. The van der Waals surface area contributed by atoms with E-state index >= 15 is 0 Å². The van der Waals surface area contributed by atoms with Crippen LogP contribution in [0.15, 0.2) is 47.6 Å². The fourth-order valence-corrected chi connectivity index (χ4v) is 2.45. The van der Waals surface area contributed by atoms with Gasteiger partial charge in [0.15, 0.2) is 11.5 Å². The van der Waals surface area contributed by atoms with Gasteiger partial charge in [0.25, 0.3) is 0 Å². The number of rotatable bonds is 7. The first-order chi connectivity index (χ1) is 12.5. The second-order valence-electron chi connectivity index (χ2n) is 5.60. The van der Waals surface area contributed by atoms with Gasteiger partial charge in [-0.15, -0.1) is 0 Å². The van der Waals surface area contributed by atoms with Gasteiger partial charge in [-0.05, 0) is 43.2 Å². The molecule has 0 aliphatic rings. The van der Waals surface area contributed by atoms with Crippen molar-refractivity contribution in [2.75, 3.05) is 14.2 Å². The number of nitrogens with zero attached hydrogens (tertiary/aromatic N) is 1. The molecule has 0 aliphatic carbocycles. The lowest BCUT2D eigenvalue weighted by molar-refractivity contribution is -0.132. The fraction of sp³-hybridized carbons (Fsp3) is 0.250. The molecule has 2 aromatic rings. The van der Waals surface area contributed by atoms with Crippen molar-refractivity contribution in [2.45, 2.75) is 20.5 Å². The van der Waals surface area contributed by atoms with Crippen LogP contribution in [0.4, 0.5) is 0 Å². The number of carbonyl (C=O) groups is 2. The van der Waals surface area contributed by atoms with Crippen molar-refractivity contribution in [3.63, 3.8) is 0 Å². The van der Waals surface area contributed by atoms with Gasteiger partial charge in [0.05, 0.1) is 7.11 Å². The molecule has 0 unspecified atom stereocenters. The molecule has 0 aromatic heterocycles. The Bertz CT molecular complexity index is 842. The summed E-state index contributed by atoms with van der Waals surface area (Å²) < 4.78 is 10.7. The molecule has 6 nitrogen and oxygen atoms in total. The van der Waals surface area contributed by atoms with E-state index in [-0.39, 0.29) is 18.1 Å². The predicted molar refractivity (Wildman–Crippen MR) is 97.5 cm³/mol. The summed E-state index contributed by atoms with van der Waals surface area (Å²) in [5.74, 6) is 0.0675. The number of benzene rings is 2. The van der Waals surface area contributed by atoms with E-state index in [2.05, 4.69) is 5.16 Å². The maximum absolute atomic E-state index is 12.0. The monoisotopic (exact) mass is 355 g/mol. The van der Waals surface area contributed by atoms with Crippen LogP contribution in [0.2, 0.25) is 0 Å². The molecule has 136 valence electrons. The van der Waals surface area contributed by atoms with Crippen LogP contribution >= 0.6 is 0 Å². The third-order valence-corrected chi connectivity index (χ3v) is 3.80. The number of methoxy groups -OCH3 is 1. The number of aryl methyl sites for hydroxylation is 1. The molecule has 0 atom stereocenters. The first kappa shape index (κ1) is 19.2. The summed E-state index contributed by atoms with van der Waals surface area (Å²) in [6, 6.07) is 12.5. The number of hydrogen-bond acceptors (Lipinski definition) is 6. The Morgan fingerprint density at radius 1 is 1.08 bits per heavy atom. The van der Waals surface area contributed by atoms with Gasteiger partial charge in [-0.25, -0.2) is 4.79 Å². The highest BCUT2D eigenvalue weighted by Crippen LogP contribution is 2.22. The van der Waals surface area contributed by atoms with Gasteiger partial charge in [0.2, 0.25) is 0 Å². The minimum absolute atomic E-state index is 0.00323. The topological polar surface area (TPSA) is 74.2 Å². The first-order valence-electron chi connectivity index (χ1n) is 8.00. The lowest BCUT2D eigenvalue weighted by Crippen LogP contribution is -2.19. The van der Waals surface area contributed by atoms with Gasteiger partial charge in [-0.1, -0.05) is 29.4 Å². The number of oxime groups is 1. The SMILES string of the molecule is CO/N=C(\C(=O)OC)c1ccccc1COc1ccc(C(C)=O)cc1C. The van der Waals surface area contributed by atoms with Gasteiger partial charge in [-0.3, -0.25) is 4.79 Å². The third-order valence-electron chi connectivity index (χ3n) is 3.80. The standard InChI is InChI=1S/C20H21NO5/c1-13-11-15(14(2)22)9-10-18(13)26-12-16-7-5-6-8-17(16)19(21-25-4)20(23)24-3/h5-11H,12H2,1-4H3/b21-19-. The van der Waals surface area contributed by atoms with Crippen molar-refractivity contribution < 1.29 is 23.9 Å². The van der Waals surface area contributed by atoms with Gasteiger partial charge >= 0.3 is 5.97 Å². The molecule has 0 heterocycles. The van der Waals surface area contributed by atoms with E-state index in [9.17, 15) is 9.59 Å². The van der Waals surface area contributed by atoms with E-state index in [0.29, 0.717) is 16.9 Å². The Hall–Kier alpha value is -3.15. The van der Waals surface area contributed by atoms with Crippen LogP contribution in [-0.2, 0) is 21.0 Å². The summed E-state index contributed by atoms with van der Waals surface area (Å²) in [5.41, 5.74) is 2.88. The molecule has 0 aliphatic heterocycles. The third kappa shape index (κ3) is 4.47. The van der Waals surface area contributed by atoms with Crippen LogP contribution in [0.1, 0.15) is 34.0 Å². The molecule has 2 aromatic carbocycles. The van der Waals surface area contributed by atoms with Crippen LogP contribution in [0.5, 0.6) is 5.75 Å².